The van der Waals surface area contributed by atoms with Crippen LogP contribution in [0.4, 0.5) is 0 Å². The van der Waals surface area contributed by atoms with Gasteiger partial charge >= 0.3 is 0 Å². The minimum atomic E-state index is 0.753. The summed E-state index contributed by atoms with van der Waals surface area (Å²) in [6, 6.07) is 8.62. The summed E-state index contributed by atoms with van der Waals surface area (Å²) in [7, 11) is 1.80. The molecule has 3 rings (SSSR count). The van der Waals surface area contributed by atoms with Gasteiger partial charge < -0.3 is 19.9 Å². The van der Waals surface area contributed by atoms with Gasteiger partial charge in [0.15, 0.2) is 5.96 Å². The molecule has 1 aromatic carbocycles. The number of aliphatic imine (C=N–C) groups is 1. The Hall–Kier alpha value is -2.34. The van der Waals surface area contributed by atoms with Gasteiger partial charge in [-0.25, -0.2) is 4.98 Å². The fourth-order valence-corrected chi connectivity index (χ4v) is 2.68. The van der Waals surface area contributed by atoms with Crippen molar-refractivity contribution in [3.63, 3.8) is 0 Å². The van der Waals surface area contributed by atoms with Gasteiger partial charge in [-0.15, -0.1) is 0 Å². The number of rotatable bonds is 10. The third-order valence-electron chi connectivity index (χ3n) is 4.44. The summed E-state index contributed by atoms with van der Waals surface area (Å²) in [6.45, 7) is 4.22. The quantitative estimate of drug-likeness (QED) is 0.390. The van der Waals surface area contributed by atoms with Crippen LogP contribution in [0, 0.1) is 5.92 Å². The summed E-state index contributed by atoms with van der Waals surface area (Å²) < 4.78 is 7.71. The lowest BCUT2D eigenvalue weighted by Crippen LogP contribution is -2.37. The lowest BCUT2D eigenvalue weighted by atomic mass is 10.1. The Morgan fingerprint density at radius 1 is 1.23 bits per heavy atom. The molecule has 26 heavy (non-hydrogen) atoms. The van der Waals surface area contributed by atoms with E-state index in [0.29, 0.717) is 0 Å². The Bertz CT molecular complexity index is 662. The van der Waals surface area contributed by atoms with Crippen LogP contribution in [0.2, 0.25) is 0 Å². The first-order chi connectivity index (χ1) is 12.8. The van der Waals surface area contributed by atoms with E-state index >= 15 is 0 Å². The van der Waals surface area contributed by atoms with E-state index in [1.54, 1.807) is 13.2 Å². The van der Waals surface area contributed by atoms with Crippen LogP contribution in [-0.2, 0) is 17.8 Å². The number of nitrogens with one attached hydrogen (secondary N) is 2. The van der Waals surface area contributed by atoms with Gasteiger partial charge in [0.05, 0.1) is 6.33 Å². The molecular formula is C20H29N5O. The van der Waals surface area contributed by atoms with Crippen LogP contribution in [0.1, 0.15) is 30.4 Å². The molecule has 1 saturated carbocycles. The molecule has 1 fully saturated rings. The third kappa shape index (κ3) is 6.52. The minimum absolute atomic E-state index is 0.753. The highest BCUT2D eigenvalue weighted by Gasteiger charge is 2.20. The lowest BCUT2D eigenvalue weighted by molar-refractivity contribution is 0.123. The third-order valence-corrected chi connectivity index (χ3v) is 4.44. The normalized spacial score (nSPS) is 14.4. The van der Waals surface area contributed by atoms with Crippen molar-refractivity contribution in [2.24, 2.45) is 10.9 Å². The molecule has 140 valence electrons. The maximum atomic E-state index is 5.64. The second-order valence-corrected chi connectivity index (χ2v) is 6.78. The number of benzene rings is 1. The van der Waals surface area contributed by atoms with Crippen LogP contribution < -0.4 is 10.6 Å². The number of aromatic nitrogens is 2. The average Bonchev–Trinajstić information content (AvgIpc) is 3.36. The second kappa shape index (κ2) is 9.97. The molecule has 0 spiro atoms. The molecule has 2 aromatic rings. The van der Waals surface area contributed by atoms with E-state index in [9.17, 15) is 0 Å². The van der Waals surface area contributed by atoms with E-state index in [0.717, 1.165) is 51.1 Å². The van der Waals surface area contributed by atoms with Gasteiger partial charge in [-0.1, -0.05) is 24.3 Å². The van der Waals surface area contributed by atoms with Crippen molar-refractivity contribution in [3.8, 4) is 0 Å². The molecule has 0 unspecified atom stereocenters. The molecule has 0 saturated heterocycles. The van der Waals surface area contributed by atoms with Crippen molar-refractivity contribution in [3.05, 3.63) is 54.1 Å². The molecule has 0 aliphatic heterocycles. The van der Waals surface area contributed by atoms with Gasteiger partial charge in [-0.05, 0) is 36.3 Å². The van der Waals surface area contributed by atoms with Gasteiger partial charge in [-0.2, -0.15) is 0 Å². The van der Waals surface area contributed by atoms with Crippen molar-refractivity contribution in [1.29, 1.82) is 0 Å². The van der Waals surface area contributed by atoms with Crippen molar-refractivity contribution in [2.45, 2.75) is 32.4 Å². The zero-order valence-corrected chi connectivity index (χ0v) is 15.5. The molecular weight excluding hydrogens is 326 g/mol. The molecule has 0 bridgehead atoms. The van der Waals surface area contributed by atoms with E-state index in [1.807, 2.05) is 12.5 Å². The first-order valence-electron chi connectivity index (χ1n) is 9.39. The summed E-state index contributed by atoms with van der Waals surface area (Å²) in [5.41, 5.74) is 2.50. The van der Waals surface area contributed by atoms with Crippen molar-refractivity contribution in [1.82, 2.24) is 20.2 Å². The topological polar surface area (TPSA) is 63.5 Å². The van der Waals surface area contributed by atoms with E-state index in [4.69, 9.17) is 4.74 Å². The number of guanidine groups is 1. The Morgan fingerprint density at radius 3 is 2.73 bits per heavy atom. The molecule has 1 heterocycles. The predicted octanol–water partition coefficient (Wildman–Crippen LogP) is 2.41. The molecule has 1 aliphatic carbocycles. The van der Waals surface area contributed by atoms with Crippen LogP contribution in [0.15, 0.2) is 48.0 Å². The van der Waals surface area contributed by atoms with Gasteiger partial charge in [0, 0.05) is 52.3 Å². The maximum absolute atomic E-state index is 5.64. The average molecular weight is 355 g/mol. The maximum Gasteiger partial charge on any atom is 0.191 e. The Kier molecular flexibility index (Phi) is 7.07. The van der Waals surface area contributed by atoms with Gasteiger partial charge in [0.2, 0.25) is 0 Å². The summed E-state index contributed by atoms with van der Waals surface area (Å²) in [4.78, 5) is 8.34. The minimum Gasteiger partial charge on any atom is -0.381 e. The monoisotopic (exact) mass is 355 g/mol. The number of hydrogen-bond donors (Lipinski definition) is 2. The second-order valence-electron chi connectivity index (χ2n) is 6.78. The summed E-state index contributed by atoms with van der Waals surface area (Å²) in [5.74, 6) is 1.67. The lowest BCUT2D eigenvalue weighted by Gasteiger charge is -2.12. The van der Waals surface area contributed by atoms with Crippen molar-refractivity contribution < 1.29 is 4.74 Å². The van der Waals surface area contributed by atoms with Gasteiger partial charge in [0.1, 0.15) is 0 Å². The van der Waals surface area contributed by atoms with Crippen LogP contribution >= 0.6 is 0 Å². The smallest absolute Gasteiger partial charge is 0.191 e. The van der Waals surface area contributed by atoms with E-state index in [1.165, 1.54) is 24.0 Å². The van der Waals surface area contributed by atoms with Crippen LogP contribution in [0.3, 0.4) is 0 Å². The molecule has 1 aliphatic rings. The zero-order valence-electron chi connectivity index (χ0n) is 15.5. The Morgan fingerprint density at radius 2 is 2.04 bits per heavy atom. The van der Waals surface area contributed by atoms with E-state index in [2.05, 4.69) is 49.4 Å². The van der Waals surface area contributed by atoms with Crippen LogP contribution in [0.5, 0.6) is 0 Å². The number of nitrogens with zero attached hydrogens (tertiary/aromatic N) is 3. The molecule has 1 aromatic heterocycles. The number of imidazole rings is 1. The number of ether oxygens (including phenoxy) is 1. The van der Waals surface area contributed by atoms with Crippen LogP contribution in [-0.4, -0.2) is 42.3 Å². The molecule has 0 atom stereocenters. The predicted molar refractivity (Wildman–Crippen MR) is 104 cm³/mol. The standard InChI is InChI=1S/C20H29N5O/c1-21-20(23-9-2-12-26-15-19-7-8-19)24-13-17-3-5-18(6-4-17)14-25-11-10-22-16-25/h3-6,10-11,16,19H,2,7-9,12-15H2,1H3,(H2,21,23,24). The fourth-order valence-electron chi connectivity index (χ4n) is 2.68. The SMILES string of the molecule is CN=C(NCCCOCC1CC1)NCc1ccc(Cn2ccnc2)cc1. The fraction of sp³-hybridized carbons (Fsp3) is 0.500. The van der Waals surface area contributed by atoms with Crippen LogP contribution in [0.25, 0.3) is 0 Å². The summed E-state index contributed by atoms with van der Waals surface area (Å²) in [5, 5.41) is 6.69. The molecule has 6 heteroatoms. The largest absolute Gasteiger partial charge is 0.381 e. The van der Waals surface area contributed by atoms with Crippen molar-refractivity contribution in [2.75, 3.05) is 26.8 Å². The highest BCUT2D eigenvalue weighted by Crippen LogP contribution is 2.28. The Labute approximate surface area is 155 Å². The summed E-state index contributed by atoms with van der Waals surface area (Å²) in [6.07, 6.45) is 9.30. The van der Waals surface area contributed by atoms with Gasteiger partial charge in [0.25, 0.3) is 0 Å². The Balaban J connectivity index is 1.32. The zero-order chi connectivity index (χ0) is 18.0. The van der Waals surface area contributed by atoms with E-state index in [-0.39, 0.29) is 0 Å². The van der Waals surface area contributed by atoms with E-state index < -0.39 is 0 Å². The van der Waals surface area contributed by atoms with Gasteiger partial charge in [-0.3, -0.25) is 4.99 Å². The first-order valence-corrected chi connectivity index (χ1v) is 9.39. The van der Waals surface area contributed by atoms with Crippen molar-refractivity contribution >= 4 is 5.96 Å². The molecule has 2 N–H and O–H groups in total. The molecule has 0 amide bonds. The molecule has 0 radical (unpaired) electrons. The first kappa shape index (κ1) is 18.5. The summed E-state index contributed by atoms with van der Waals surface area (Å²) >= 11 is 0. The number of hydrogen-bond acceptors (Lipinski definition) is 3. The molecule has 6 nitrogen and oxygen atoms in total. The highest BCUT2D eigenvalue weighted by molar-refractivity contribution is 5.79. The highest BCUT2D eigenvalue weighted by atomic mass is 16.5.